The second kappa shape index (κ2) is 9.37. The summed E-state index contributed by atoms with van der Waals surface area (Å²) < 4.78 is 1.08. The molecule has 0 bridgehead atoms. The molecule has 1 heterocycles. The Morgan fingerprint density at radius 1 is 1.07 bits per heavy atom. The zero-order chi connectivity index (χ0) is 21.7. The van der Waals surface area contributed by atoms with Crippen molar-refractivity contribution in [1.29, 1.82) is 0 Å². The summed E-state index contributed by atoms with van der Waals surface area (Å²) in [6, 6.07) is 16.8. The number of hydrogen-bond acceptors (Lipinski definition) is 4. The van der Waals surface area contributed by atoms with Crippen molar-refractivity contribution in [3.05, 3.63) is 81.6 Å². The van der Waals surface area contributed by atoms with Crippen LogP contribution in [0.25, 0.3) is 11.3 Å². The maximum atomic E-state index is 12.6. The van der Waals surface area contributed by atoms with Crippen LogP contribution in [0.2, 0.25) is 5.02 Å². The predicted molar refractivity (Wildman–Crippen MR) is 117 cm³/mol. The van der Waals surface area contributed by atoms with Gasteiger partial charge < -0.3 is 10.6 Å². The topological polar surface area (TPSA) is 93.1 Å². The Kier molecular flexibility index (Phi) is 6.64. The largest absolute Gasteiger partial charge is 0.350 e. The molecule has 0 aliphatic heterocycles. The number of amides is 2. The third-order valence-corrected chi connectivity index (χ3v) is 4.38. The summed E-state index contributed by atoms with van der Waals surface area (Å²) in [6.07, 6.45) is 0. The highest BCUT2D eigenvalue weighted by Gasteiger charge is 2.16. The molecule has 0 atom stereocenters. The van der Waals surface area contributed by atoms with E-state index < -0.39 is 11.5 Å². The molecule has 3 rings (SSSR count). The highest BCUT2D eigenvalue weighted by Crippen LogP contribution is 2.21. The lowest BCUT2D eigenvalue weighted by molar-refractivity contribution is -0.117. The third-order valence-electron chi connectivity index (χ3n) is 4.15. The van der Waals surface area contributed by atoms with E-state index in [0.717, 1.165) is 10.2 Å². The molecule has 3 aromatic rings. The summed E-state index contributed by atoms with van der Waals surface area (Å²) in [4.78, 5) is 37.2. The van der Waals surface area contributed by atoms with Crippen LogP contribution in [0.3, 0.4) is 0 Å². The van der Waals surface area contributed by atoms with Gasteiger partial charge in [0.25, 0.3) is 11.5 Å². The maximum absolute atomic E-state index is 12.6. The summed E-state index contributed by atoms with van der Waals surface area (Å²) in [7, 11) is 0. The fourth-order valence-electron chi connectivity index (χ4n) is 2.81. The molecule has 2 aromatic carbocycles. The average molecular weight is 425 g/mol. The van der Waals surface area contributed by atoms with Crippen molar-refractivity contribution < 1.29 is 9.59 Å². The smallest absolute Gasteiger partial charge is 0.267 e. The molecule has 0 unspecified atom stereocenters. The van der Waals surface area contributed by atoms with Gasteiger partial charge in [0.1, 0.15) is 6.54 Å². The van der Waals surface area contributed by atoms with E-state index in [1.807, 2.05) is 44.2 Å². The Hall–Kier alpha value is -3.45. The SMILES string of the molecule is CC(C)NC(=O)c1ccc(Cl)cc1NC(=O)Cn1nc(-c2ccccc2)ccc1=O. The molecule has 2 amide bonds. The first-order chi connectivity index (χ1) is 14.3. The molecule has 0 spiro atoms. The lowest BCUT2D eigenvalue weighted by Gasteiger charge is -2.14. The van der Waals surface area contributed by atoms with Gasteiger partial charge in [0.2, 0.25) is 5.91 Å². The summed E-state index contributed by atoms with van der Waals surface area (Å²) in [6.45, 7) is 3.37. The van der Waals surface area contributed by atoms with Crippen LogP contribution in [0.4, 0.5) is 5.69 Å². The number of anilines is 1. The van der Waals surface area contributed by atoms with Gasteiger partial charge in [-0.2, -0.15) is 5.10 Å². The predicted octanol–water partition coefficient (Wildman–Crippen LogP) is 3.34. The Morgan fingerprint density at radius 3 is 2.50 bits per heavy atom. The lowest BCUT2D eigenvalue weighted by Crippen LogP contribution is -2.32. The Morgan fingerprint density at radius 2 is 1.80 bits per heavy atom. The van der Waals surface area contributed by atoms with Crippen molar-refractivity contribution >= 4 is 29.1 Å². The number of carbonyl (C=O) groups excluding carboxylic acids is 2. The van der Waals surface area contributed by atoms with Crippen molar-refractivity contribution in [2.24, 2.45) is 0 Å². The van der Waals surface area contributed by atoms with Crippen LogP contribution in [0.15, 0.2) is 65.5 Å². The number of benzene rings is 2. The quantitative estimate of drug-likeness (QED) is 0.634. The van der Waals surface area contributed by atoms with E-state index in [1.165, 1.54) is 18.2 Å². The van der Waals surface area contributed by atoms with Crippen LogP contribution < -0.4 is 16.2 Å². The van der Waals surface area contributed by atoms with Crippen LogP contribution in [0.5, 0.6) is 0 Å². The number of halogens is 1. The van der Waals surface area contributed by atoms with E-state index >= 15 is 0 Å². The molecule has 1 aromatic heterocycles. The summed E-state index contributed by atoms with van der Waals surface area (Å²) in [5.41, 5.74) is 1.53. The summed E-state index contributed by atoms with van der Waals surface area (Å²) in [5, 5.41) is 10.1. The van der Waals surface area contributed by atoms with Crippen LogP contribution in [-0.2, 0) is 11.3 Å². The molecule has 30 heavy (non-hydrogen) atoms. The van der Waals surface area contributed by atoms with Crippen molar-refractivity contribution in [3.63, 3.8) is 0 Å². The number of hydrogen-bond donors (Lipinski definition) is 2. The highest BCUT2D eigenvalue weighted by molar-refractivity contribution is 6.31. The molecule has 154 valence electrons. The monoisotopic (exact) mass is 424 g/mol. The molecule has 8 heteroatoms. The van der Waals surface area contributed by atoms with Gasteiger partial charge in [-0.15, -0.1) is 0 Å². The van der Waals surface area contributed by atoms with E-state index in [-0.39, 0.29) is 29.7 Å². The van der Waals surface area contributed by atoms with Crippen LogP contribution in [0, 0.1) is 0 Å². The van der Waals surface area contributed by atoms with E-state index in [1.54, 1.807) is 12.1 Å². The normalized spacial score (nSPS) is 10.7. The zero-order valence-corrected chi connectivity index (χ0v) is 17.3. The van der Waals surface area contributed by atoms with Crippen LogP contribution in [0.1, 0.15) is 24.2 Å². The lowest BCUT2D eigenvalue weighted by atomic mass is 10.1. The molecule has 0 saturated heterocycles. The second-order valence-electron chi connectivity index (χ2n) is 6.95. The summed E-state index contributed by atoms with van der Waals surface area (Å²) in [5.74, 6) is -0.839. The standard InChI is InChI=1S/C22H21ClN4O3/c1-14(2)24-22(30)17-9-8-16(23)12-19(17)25-20(28)13-27-21(29)11-10-18(26-27)15-6-4-3-5-7-15/h3-12,14H,13H2,1-2H3,(H,24,30)(H,25,28). The minimum absolute atomic E-state index is 0.0692. The molecular formula is C22H21ClN4O3. The Bertz CT molecular complexity index is 1130. The van der Waals surface area contributed by atoms with Gasteiger partial charge in [-0.1, -0.05) is 41.9 Å². The third kappa shape index (κ3) is 5.33. The van der Waals surface area contributed by atoms with Crippen molar-refractivity contribution in [3.8, 4) is 11.3 Å². The minimum Gasteiger partial charge on any atom is -0.350 e. The number of rotatable bonds is 6. The van der Waals surface area contributed by atoms with Gasteiger partial charge in [-0.3, -0.25) is 14.4 Å². The molecule has 0 aliphatic carbocycles. The highest BCUT2D eigenvalue weighted by atomic mass is 35.5. The van der Waals surface area contributed by atoms with Crippen LogP contribution >= 0.6 is 11.6 Å². The molecule has 0 aliphatic rings. The average Bonchev–Trinajstić information content (AvgIpc) is 2.69. The minimum atomic E-state index is -0.504. The van der Waals surface area contributed by atoms with Gasteiger partial charge in [0.05, 0.1) is 16.9 Å². The van der Waals surface area contributed by atoms with Gasteiger partial charge in [-0.25, -0.2) is 4.68 Å². The van der Waals surface area contributed by atoms with E-state index in [4.69, 9.17) is 11.6 Å². The van der Waals surface area contributed by atoms with Gasteiger partial charge in [-0.05, 0) is 38.1 Å². The van der Waals surface area contributed by atoms with E-state index in [0.29, 0.717) is 10.7 Å². The first-order valence-electron chi connectivity index (χ1n) is 9.37. The van der Waals surface area contributed by atoms with Gasteiger partial charge in [0, 0.05) is 22.7 Å². The number of carbonyl (C=O) groups is 2. The number of aromatic nitrogens is 2. The molecule has 0 fully saturated rings. The van der Waals surface area contributed by atoms with Crippen molar-refractivity contribution in [2.75, 3.05) is 5.32 Å². The van der Waals surface area contributed by atoms with Crippen LogP contribution in [-0.4, -0.2) is 27.6 Å². The molecule has 0 radical (unpaired) electrons. The van der Waals surface area contributed by atoms with Crippen molar-refractivity contribution in [2.45, 2.75) is 26.4 Å². The molecular weight excluding hydrogens is 404 g/mol. The number of nitrogens with zero attached hydrogens (tertiary/aromatic N) is 2. The fraction of sp³-hybridized carbons (Fsp3) is 0.182. The molecule has 7 nitrogen and oxygen atoms in total. The maximum Gasteiger partial charge on any atom is 0.267 e. The van der Waals surface area contributed by atoms with E-state index in [2.05, 4.69) is 15.7 Å². The molecule has 2 N–H and O–H groups in total. The van der Waals surface area contributed by atoms with Gasteiger partial charge in [0.15, 0.2) is 0 Å². The zero-order valence-electron chi connectivity index (χ0n) is 16.6. The summed E-state index contributed by atoms with van der Waals surface area (Å²) >= 11 is 6.03. The Labute approximate surface area is 178 Å². The Balaban J connectivity index is 1.82. The van der Waals surface area contributed by atoms with Gasteiger partial charge >= 0.3 is 0 Å². The number of nitrogens with one attached hydrogen (secondary N) is 2. The molecule has 0 saturated carbocycles. The fourth-order valence-corrected chi connectivity index (χ4v) is 2.98. The van der Waals surface area contributed by atoms with E-state index in [9.17, 15) is 14.4 Å². The first kappa shape index (κ1) is 21.3. The second-order valence-corrected chi connectivity index (χ2v) is 7.38. The first-order valence-corrected chi connectivity index (χ1v) is 9.75. The van der Waals surface area contributed by atoms with Crippen molar-refractivity contribution in [1.82, 2.24) is 15.1 Å².